The average Bonchev–Trinajstić information content (AvgIpc) is 3.45. The summed E-state index contributed by atoms with van der Waals surface area (Å²) in [5.41, 5.74) is 1.36. The number of anilines is 5. The van der Waals surface area contributed by atoms with Crippen LogP contribution in [-0.4, -0.2) is 83.3 Å². The minimum absolute atomic E-state index is 0.0317. The number of aldehydes is 1. The SMILES string of the molecule is Cc1nc(Nc2ncc(C=O)s2)cc(N2CCN(CCCCCC(=O)Nc3ccc(N4CCC(=O)NC4=O)cc3)CC2)n1. The number of thiazole rings is 1. The van der Waals surface area contributed by atoms with Crippen LogP contribution in [0, 0.1) is 6.92 Å². The molecule has 3 aromatic rings. The minimum atomic E-state index is -0.429. The van der Waals surface area contributed by atoms with Crippen LogP contribution in [0.3, 0.4) is 0 Å². The number of carbonyl (C=O) groups excluding carboxylic acids is 4. The molecule has 43 heavy (non-hydrogen) atoms. The van der Waals surface area contributed by atoms with Gasteiger partial charge in [-0.1, -0.05) is 17.8 Å². The van der Waals surface area contributed by atoms with E-state index >= 15 is 0 Å². The molecule has 2 saturated heterocycles. The first-order valence-corrected chi connectivity index (χ1v) is 15.2. The number of piperazine rings is 1. The van der Waals surface area contributed by atoms with Crippen molar-refractivity contribution in [3.05, 3.63) is 47.2 Å². The van der Waals surface area contributed by atoms with E-state index in [9.17, 15) is 19.2 Å². The summed E-state index contributed by atoms with van der Waals surface area (Å²) in [6.45, 7) is 6.80. The monoisotopic (exact) mass is 605 g/mol. The molecule has 0 unspecified atom stereocenters. The van der Waals surface area contributed by atoms with Gasteiger partial charge in [-0.2, -0.15) is 0 Å². The number of hydrogen-bond acceptors (Lipinski definition) is 11. The summed E-state index contributed by atoms with van der Waals surface area (Å²) in [6.07, 6.45) is 5.85. The van der Waals surface area contributed by atoms with Crippen molar-refractivity contribution in [1.82, 2.24) is 25.2 Å². The number of urea groups is 1. The molecular weight excluding hydrogens is 570 g/mol. The van der Waals surface area contributed by atoms with Gasteiger partial charge in [0.05, 0.1) is 11.1 Å². The highest BCUT2D eigenvalue weighted by molar-refractivity contribution is 7.17. The van der Waals surface area contributed by atoms with Gasteiger partial charge in [-0.15, -0.1) is 0 Å². The number of nitrogens with one attached hydrogen (secondary N) is 3. The Labute approximate surface area is 253 Å². The van der Waals surface area contributed by atoms with Crippen LogP contribution in [0.25, 0.3) is 0 Å². The topological polar surface area (TPSA) is 153 Å². The molecule has 1 aromatic carbocycles. The summed E-state index contributed by atoms with van der Waals surface area (Å²) in [4.78, 5) is 66.8. The molecule has 14 heteroatoms. The summed E-state index contributed by atoms with van der Waals surface area (Å²) in [6, 6.07) is 8.55. The van der Waals surface area contributed by atoms with Crippen LogP contribution in [0.2, 0.25) is 0 Å². The lowest BCUT2D eigenvalue weighted by atomic mass is 10.1. The third kappa shape index (κ3) is 8.32. The van der Waals surface area contributed by atoms with Gasteiger partial charge < -0.3 is 15.5 Å². The number of hydrogen-bond donors (Lipinski definition) is 3. The van der Waals surface area contributed by atoms with Crippen molar-refractivity contribution in [2.75, 3.05) is 59.7 Å². The predicted octanol–water partition coefficient (Wildman–Crippen LogP) is 3.57. The lowest BCUT2D eigenvalue weighted by Gasteiger charge is -2.35. The van der Waals surface area contributed by atoms with Crippen molar-refractivity contribution in [3.63, 3.8) is 0 Å². The van der Waals surface area contributed by atoms with E-state index in [4.69, 9.17) is 0 Å². The fraction of sp³-hybridized carbons (Fsp3) is 0.414. The summed E-state index contributed by atoms with van der Waals surface area (Å²) >= 11 is 1.28. The highest BCUT2D eigenvalue weighted by Gasteiger charge is 2.24. The maximum atomic E-state index is 12.4. The van der Waals surface area contributed by atoms with Crippen molar-refractivity contribution in [1.29, 1.82) is 0 Å². The number of benzene rings is 1. The molecule has 0 radical (unpaired) electrons. The number of aromatic nitrogens is 3. The van der Waals surface area contributed by atoms with Gasteiger partial charge >= 0.3 is 6.03 Å². The summed E-state index contributed by atoms with van der Waals surface area (Å²) in [5.74, 6) is 1.89. The van der Waals surface area contributed by atoms with E-state index in [1.807, 2.05) is 13.0 Å². The standard InChI is InChI=1S/C29H35N9O4S/c1-20-31-24(34-28-30-18-23(19-39)43-28)17-25(32-20)37-15-13-36(14-16-37)11-4-2-3-5-26(40)33-21-6-8-22(9-7-21)38-12-10-27(41)35-29(38)42/h6-9,17-19H,2-5,10-16H2,1H3,(H,33,40)(H,35,41,42)(H,30,31,32,34). The smallest absolute Gasteiger partial charge is 0.328 e. The van der Waals surface area contributed by atoms with Crippen LogP contribution >= 0.6 is 11.3 Å². The maximum absolute atomic E-state index is 12.4. The van der Waals surface area contributed by atoms with Crippen LogP contribution < -0.4 is 25.8 Å². The van der Waals surface area contributed by atoms with E-state index in [0.717, 1.165) is 64.1 Å². The fourth-order valence-electron chi connectivity index (χ4n) is 5.04. The Morgan fingerprint density at radius 1 is 1.05 bits per heavy atom. The van der Waals surface area contributed by atoms with Gasteiger partial charge in [-0.25, -0.2) is 19.7 Å². The highest BCUT2D eigenvalue weighted by atomic mass is 32.1. The Morgan fingerprint density at radius 3 is 2.56 bits per heavy atom. The molecule has 13 nitrogen and oxygen atoms in total. The lowest BCUT2D eigenvalue weighted by Crippen LogP contribution is -2.49. The Hall–Kier alpha value is -4.43. The third-order valence-corrected chi connectivity index (χ3v) is 8.13. The Balaban J connectivity index is 0.980. The fourth-order valence-corrected chi connectivity index (χ4v) is 5.68. The molecule has 5 rings (SSSR count). The number of imide groups is 1. The molecule has 0 spiro atoms. The molecule has 0 bridgehead atoms. The van der Waals surface area contributed by atoms with Crippen molar-refractivity contribution in [2.24, 2.45) is 0 Å². The molecule has 4 heterocycles. The average molecular weight is 606 g/mol. The number of carbonyl (C=O) groups is 4. The third-order valence-electron chi connectivity index (χ3n) is 7.29. The van der Waals surface area contributed by atoms with E-state index in [-0.39, 0.29) is 18.2 Å². The Bertz CT molecular complexity index is 1450. The first-order valence-electron chi connectivity index (χ1n) is 14.4. The van der Waals surface area contributed by atoms with Gasteiger partial charge in [0.1, 0.15) is 17.5 Å². The minimum Gasteiger partial charge on any atom is -0.354 e. The first-order chi connectivity index (χ1) is 20.9. The lowest BCUT2D eigenvalue weighted by molar-refractivity contribution is -0.120. The zero-order valence-electron chi connectivity index (χ0n) is 24.0. The van der Waals surface area contributed by atoms with Gasteiger partial charge in [0.2, 0.25) is 11.8 Å². The van der Waals surface area contributed by atoms with E-state index in [2.05, 4.69) is 40.7 Å². The van der Waals surface area contributed by atoms with Crippen molar-refractivity contribution < 1.29 is 19.2 Å². The van der Waals surface area contributed by atoms with Crippen molar-refractivity contribution in [2.45, 2.75) is 39.0 Å². The molecule has 4 amide bonds. The molecular formula is C29H35N9O4S. The van der Waals surface area contributed by atoms with E-state index in [1.54, 1.807) is 24.3 Å². The molecule has 2 aliphatic heterocycles. The highest BCUT2D eigenvalue weighted by Crippen LogP contribution is 2.24. The van der Waals surface area contributed by atoms with Crippen LogP contribution in [0.5, 0.6) is 0 Å². The van der Waals surface area contributed by atoms with E-state index < -0.39 is 6.03 Å². The second kappa shape index (κ2) is 14.2. The maximum Gasteiger partial charge on any atom is 0.328 e. The largest absolute Gasteiger partial charge is 0.354 e. The second-order valence-electron chi connectivity index (χ2n) is 10.5. The van der Waals surface area contributed by atoms with Crippen LogP contribution in [-0.2, 0) is 9.59 Å². The molecule has 0 saturated carbocycles. The van der Waals surface area contributed by atoms with Crippen LogP contribution in [0.15, 0.2) is 36.5 Å². The normalized spacial score (nSPS) is 15.7. The summed E-state index contributed by atoms with van der Waals surface area (Å²) in [7, 11) is 0. The van der Waals surface area contributed by atoms with Gasteiger partial charge in [0.15, 0.2) is 11.4 Å². The van der Waals surface area contributed by atoms with Gasteiger partial charge in [-0.3, -0.25) is 29.5 Å². The van der Waals surface area contributed by atoms with Crippen LogP contribution in [0.4, 0.5) is 32.9 Å². The quantitative estimate of drug-likeness (QED) is 0.206. The van der Waals surface area contributed by atoms with Gasteiger partial charge in [-0.05, 0) is 50.6 Å². The molecule has 0 aliphatic carbocycles. The molecule has 226 valence electrons. The molecule has 2 fully saturated rings. The predicted molar refractivity (Wildman–Crippen MR) is 165 cm³/mol. The zero-order valence-corrected chi connectivity index (χ0v) is 24.9. The first kappa shape index (κ1) is 30.0. The van der Waals surface area contributed by atoms with E-state index in [0.29, 0.717) is 46.0 Å². The number of rotatable bonds is 12. The van der Waals surface area contributed by atoms with Crippen molar-refractivity contribution >= 4 is 63.6 Å². The van der Waals surface area contributed by atoms with Gasteiger partial charge in [0, 0.05) is 63.0 Å². The molecule has 3 N–H and O–H groups in total. The number of amides is 4. The van der Waals surface area contributed by atoms with Gasteiger partial charge in [0.25, 0.3) is 0 Å². The summed E-state index contributed by atoms with van der Waals surface area (Å²) < 4.78 is 0. The Morgan fingerprint density at radius 2 is 1.84 bits per heavy atom. The zero-order chi connectivity index (χ0) is 30.2. The Kier molecular flexibility index (Phi) is 9.89. The molecule has 2 aliphatic rings. The molecule has 0 atom stereocenters. The second-order valence-corrected chi connectivity index (χ2v) is 11.5. The van der Waals surface area contributed by atoms with Crippen molar-refractivity contribution in [3.8, 4) is 0 Å². The summed E-state index contributed by atoms with van der Waals surface area (Å²) in [5, 5.41) is 9.02. The number of aryl methyl sites for hydroxylation is 1. The molecule has 2 aromatic heterocycles. The van der Waals surface area contributed by atoms with E-state index in [1.165, 1.54) is 22.4 Å². The number of nitrogens with zero attached hydrogens (tertiary/aromatic N) is 6. The van der Waals surface area contributed by atoms with Crippen LogP contribution in [0.1, 0.15) is 47.6 Å². The number of unbranched alkanes of at least 4 members (excludes halogenated alkanes) is 2.